The molecule has 1 amide bonds. The van der Waals surface area contributed by atoms with E-state index >= 15 is 0 Å². The van der Waals surface area contributed by atoms with Crippen LogP contribution in [0.15, 0.2) is 30.5 Å². The van der Waals surface area contributed by atoms with E-state index < -0.39 is 23.9 Å². The lowest BCUT2D eigenvalue weighted by molar-refractivity contribution is -0.140. The topological polar surface area (TPSA) is 169 Å². The molecule has 34 heavy (non-hydrogen) atoms. The Hall–Kier alpha value is -3.99. The van der Waals surface area contributed by atoms with Crippen LogP contribution in [0.2, 0.25) is 0 Å². The Morgan fingerprint density at radius 2 is 1.79 bits per heavy atom. The Balaban J connectivity index is 1.87. The summed E-state index contributed by atoms with van der Waals surface area (Å²) >= 11 is 0. The Morgan fingerprint density at radius 1 is 1.12 bits per heavy atom. The van der Waals surface area contributed by atoms with Gasteiger partial charge in [-0.25, -0.2) is 9.78 Å². The zero-order valence-electron chi connectivity index (χ0n) is 19.1. The van der Waals surface area contributed by atoms with Crippen molar-refractivity contribution in [2.75, 3.05) is 20.6 Å². The predicted molar refractivity (Wildman–Crippen MR) is 123 cm³/mol. The van der Waals surface area contributed by atoms with Gasteiger partial charge < -0.3 is 30.5 Å². The molecule has 11 nitrogen and oxygen atoms in total. The van der Waals surface area contributed by atoms with Crippen molar-refractivity contribution >= 4 is 28.9 Å². The van der Waals surface area contributed by atoms with Crippen LogP contribution in [-0.4, -0.2) is 79.7 Å². The van der Waals surface area contributed by atoms with Gasteiger partial charge in [-0.05, 0) is 50.7 Å². The Morgan fingerprint density at radius 3 is 2.38 bits per heavy atom. The maximum absolute atomic E-state index is 12.6. The number of aryl methyl sites for hydroxylation is 1. The number of carbonyl (C=O) groups is 3. The van der Waals surface area contributed by atoms with E-state index in [9.17, 15) is 24.6 Å². The smallest absolute Gasteiger partial charge is 0.326 e. The lowest BCUT2D eigenvalue weighted by atomic mass is 9.90. The molecule has 180 valence electrons. The number of aromatic hydroxyl groups is 1. The largest absolute Gasteiger partial charge is 0.493 e. The summed E-state index contributed by atoms with van der Waals surface area (Å²) in [6.07, 6.45) is 1.20. The van der Waals surface area contributed by atoms with Crippen LogP contribution in [-0.2, 0) is 9.59 Å². The maximum atomic E-state index is 12.6. The molecule has 11 heteroatoms. The van der Waals surface area contributed by atoms with Gasteiger partial charge in [-0.15, -0.1) is 0 Å². The van der Waals surface area contributed by atoms with Crippen molar-refractivity contribution in [1.29, 1.82) is 0 Å². The van der Waals surface area contributed by atoms with E-state index in [4.69, 9.17) is 5.11 Å². The number of fused-ring (bicyclic) bond motifs is 1. The molecule has 0 spiro atoms. The van der Waals surface area contributed by atoms with Gasteiger partial charge in [0.05, 0.1) is 5.39 Å². The first kappa shape index (κ1) is 24.6. The third-order valence-corrected chi connectivity index (χ3v) is 5.40. The molecular weight excluding hydrogens is 442 g/mol. The number of aromatic amines is 1. The van der Waals surface area contributed by atoms with Crippen LogP contribution in [0.3, 0.4) is 0 Å². The Bertz CT molecular complexity index is 1200. The molecule has 2 atom stereocenters. The van der Waals surface area contributed by atoms with Crippen LogP contribution in [0.4, 0.5) is 0 Å². The number of nitrogens with one attached hydrogen (secondary N) is 2. The molecule has 0 aliphatic carbocycles. The summed E-state index contributed by atoms with van der Waals surface area (Å²) < 4.78 is 0. The Kier molecular flexibility index (Phi) is 7.47. The molecule has 1 unspecified atom stereocenters. The minimum Gasteiger partial charge on any atom is -0.493 e. The molecule has 0 aliphatic heterocycles. The van der Waals surface area contributed by atoms with Gasteiger partial charge >= 0.3 is 11.9 Å². The molecule has 0 bridgehead atoms. The number of rotatable bonds is 10. The predicted octanol–water partition coefficient (Wildman–Crippen LogP) is 1.71. The minimum absolute atomic E-state index is 0.112. The number of hydrogen-bond donors (Lipinski definition) is 5. The summed E-state index contributed by atoms with van der Waals surface area (Å²) in [6.45, 7) is 2.29. The summed E-state index contributed by atoms with van der Waals surface area (Å²) in [4.78, 5) is 48.2. The first-order valence-corrected chi connectivity index (χ1v) is 10.6. The van der Waals surface area contributed by atoms with Gasteiger partial charge in [-0.3, -0.25) is 9.59 Å². The first-order chi connectivity index (χ1) is 16.1. The monoisotopic (exact) mass is 469 g/mol. The normalized spacial score (nSPS) is 13.1. The number of carboxylic acids is 2. The van der Waals surface area contributed by atoms with E-state index in [-0.39, 0.29) is 30.2 Å². The number of benzene rings is 1. The van der Waals surface area contributed by atoms with E-state index in [0.717, 1.165) is 11.1 Å². The molecule has 3 aromatic rings. The standard InChI is InChI=1S/C23H27N5O6/c1-12-25-20-19(22(32)26-12)15(10-24-20)16(11-28(2)3)13-4-6-14(7-5-13)21(31)27-17(23(33)34)8-9-18(29)30/h4-7,10,16-17H,8-9,11H2,1-3H3,(H,27,31)(H,29,30)(H,33,34)(H2,24,25,26,32)/t16?,17-/m0/s1. The number of aliphatic carboxylic acids is 2. The van der Waals surface area contributed by atoms with Crippen molar-refractivity contribution in [1.82, 2.24) is 25.2 Å². The second-order valence-electron chi connectivity index (χ2n) is 8.30. The van der Waals surface area contributed by atoms with Crippen LogP contribution < -0.4 is 5.32 Å². The number of H-pyrrole nitrogens is 1. The number of nitrogens with zero attached hydrogens (tertiary/aromatic N) is 3. The van der Waals surface area contributed by atoms with Crippen molar-refractivity contribution in [3.63, 3.8) is 0 Å². The number of hydrogen-bond acceptors (Lipinski definition) is 7. The average molecular weight is 469 g/mol. The third kappa shape index (κ3) is 5.67. The van der Waals surface area contributed by atoms with E-state index in [2.05, 4.69) is 20.3 Å². The number of carbonyl (C=O) groups excluding carboxylic acids is 1. The van der Waals surface area contributed by atoms with Crippen molar-refractivity contribution in [3.8, 4) is 5.88 Å². The van der Waals surface area contributed by atoms with Gasteiger partial charge in [-0.1, -0.05) is 12.1 Å². The summed E-state index contributed by atoms with van der Waals surface area (Å²) in [5, 5.41) is 31.4. The zero-order chi connectivity index (χ0) is 25.0. The Labute approximate surface area is 195 Å². The van der Waals surface area contributed by atoms with E-state index in [0.29, 0.717) is 23.4 Å². The summed E-state index contributed by atoms with van der Waals surface area (Å²) in [5.41, 5.74) is 2.44. The number of amides is 1. The minimum atomic E-state index is -1.30. The highest BCUT2D eigenvalue weighted by Gasteiger charge is 2.24. The second kappa shape index (κ2) is 10.3. The molecule has 1 aromatic carbocycles. The summed E-state index contributed by atoms with van der Waals surface area (Å²) in [7, 11) is 3.85. The summed E-state index contributed by atoms with van der Waals surface area (Å²) in [6, 6.07) is 5.39. The lowest BCUT2D eigenvalue weighted by Crippen LogP contribution is -2.41. The van der Waals surface area contributed by atoms with Crippen LogP contribution >= 0.6 is 0 Å². The molecule has 0 fully saturated rings. The fourth-order valence-corrected chi connectivity index (χ4v) is 3.80. The third-order valence-electron chi connectivity index (χ3n) is 5.40. The van der Waals surface area contributed by atoms with Crippen LogP contribution in [0.25, 0.3) is 11.0 Å². The van der Waals surface area contributed by atoms with Crippen molar-refractivity contribution in [2.24, 2.45) is 0 Å². The van der Waals surface area contributed by atoms with E-state index in [1.165, 1.54) is 0 Å². The summed E-state index contributed by atoms with van der Waals surface area (Å²) in [5.74, 6) is -2.89. The number of aromatic nitrogens is 3. The fraction of sp³-hybridized carbons (Fsp3) is 0.348. The molecule has 0 radical (unpaired) electrons. The van der Waals surface area contributed by atoms with Crippen molar-refractivity contribution in [2.45, 2.75) is 31.7 Å². The molecule has 3 rings (SSSR count). The van der Waals surface area contributed by atoms with Gasteiger partial charge in [0.2, 0.25) is 5.88 Å². The van der Waals surface area contributed by atoms with Gasteiger partial charge in [0.25, 0.3) is 5.91 Å². The van der Waals surface area contributed by atoms with E-state index in [1.54, 1.807) is 37.4 Å². The highest BCUT2D eigenvalue weighted by molar-refractivity contribution is 5.96. The maximum Gasteiger partial charge on any atom is 0.326 e. The first-order valence-electron chi connectivity index (χ1n) is 10.6. The van der Waals surface area contributed by atoms with Gasteiger partial charge in [-0.2, -0.15) is 4.98 Å². The molecule has 2 heterocycles. The molecular formula is C23H27N5O6. The highest BCUT2D eigenvalue weighted by atomic mass is 16.4. The molecule has 0 saturated heterocycles. The lowest BCUT2D eigenvalue weighted by Gasteiger charge is -2.22. The number of likely N-dealkylation sites (N-methyl/N-ethyl adjacent to an activating group) is 1. The second-order valence-corrected chi connectivity index (χ2v) is 8.30. The zero-order valence-corrected chi connectivity index (χ0v) is 19.1. The van der Waals surface area contributed by atoms with E-state index in [1.807, 2.05) is 19.0 Å². The highest BCUT2D eigenvalue weighted by Crippen LogP contribution is 2.34. The van der Waals surface area contributed by atoms with Crippen LogP contribution in [0.1, 0.15) is 46.1 Å². The SMILES string of the molecule is Cc1nc(O)c2c(C(CN(C)C)c3ccc(C(=O)N[C@@H](CCC(=O)O)C(=O)O)cc3)c[nH]c2n1. The molecule has 2 aromatic heterocycles. The molecule has 0 aliphatic rings. The van der Waals surface area contributed by atoms with Crippen molar-refractivity contribution in [3.05, 3.63) is 53.0 Å². The van der Waals surface area contributed by atoms with Gasteiger partial charge in [0.15, 0.2) is 0 Å². The quantitative estimate of drug-likeness (QED) is 0.297. The van der Waals surface area contributed by atoms with Crippen LogP contribution in [0.5, 0.6) is 5.88 Å². The fourth-order valence-electron chi connectivity index (χ4n) is 3.80. The van der Waals surface area contributed by atoms with Gasteiger partial charge in [0, 0.05) is 30.6 Å². The molecule has 5 N–H and O–H groups in total. The van der Waals surface area contributed by atoms with Crippen molar-refractivity contribution < 1.29 is 29.7 Å². The van der Waals surface area contributed by atoms with Crippen LogP contribution in [0, 0.1) is 6.92 Å². The van der Waals surface area contributed by atoms with Gasteiger partial charge in [0.1, 0.15) is 17.5 Å². The molecule has 0 saturated carbocycles. The average Bonchev–Trinajstić information content (AvgIpc) is 3.18. The number of carboxylic acid groups (broad SMARTS) is 2.